The summed E-state index contributed by atoms with van der Waals surface area (Å²) in [6.45, 7) is 13.8. The van der Waals surface area contributed by atoms with E-state index in [0.29, 0.717) is 19.2 Å². The average Bonchev–Trinajstić information content (AvgIpc) is 3.24. The second-order valence-electron chi connectivity index (χ2n) is 10.3. The molecule has 7 nitrogen and oxygen atoms in total. The fraction of sp³-hybridized carbons (Fsp3) is 0.444. The zero-order valence-corrected chi connectivity index (χ0v) is 22.0. The molecule has 1 aliphatic heterocycles. The largest absolute Gasteiger partial charge is 0.381 e. The Labute approximate surface area is 208 Å². The Morgan fingerprint density at radius 1 is 1.29 bits per heavy atom. The lowest BCUT2D eigenvalue weighted by atomic mass is 9.90. The summed E-state index contributed by atoms with van der Waals surface area (Å²) in [5, 5.41) is 3.93. The lowest BCUT2D eigenvalue weighted by molar-refractivity contribution is -0.116. The Kier molecular flexibility index (Phi) is 8.15. The van der Waals surface area contributed by atoms with Gasteiger partial charge in [-0.05, 0) is 48.1 Å². The highest BCUT2D eigenvalue weighted by Crippen LogP contribution is 2.37. The van der Waals surface area contributed by atoms with Crippen LogP contribution < -0.4 is 5.32 Å². The molecule has 3 heterocycles. The average molecular weight is 493 g/mol. The number of aromatic nitrogens is 3. The van der Waals surface area contributed by atoms with Crippen LogP contribution in [0.25, 0.3) is 22.3 Å². The van der Waals surface area contributed by atoms with Gasteiger partial charge in [0.05, 0.1) is 5.69 Å². The van der Waals surface area contributed by atoms with Crippen molar-refractivity contribution in [3.8, 4) is 11.3 Å². The molecule has 2 aromatic heterocycles. The van der Waals surface area contributed by atoms with Crippen molar-refractivity contribution in [2.24, 2.45) is 0 Å². The Morgan fingerprint density at radius 2 is 2.09 bits per heavy atom. The van der Waals surface area contributed by atoms with Crippen molar-refractivity contribution < 1.29 is 14.3 Å². The van der Waals surface area contributed by atoms with Gasteiger partial charge < -0.3 is 19.4 Å². The lowest BCUT2D eigenvalue weighted by Crippen LogP contribution is -2.22. The predicted octanol–water partition coefficient (Wildman–Crippen LogP) is 5.11. The molecule has 35 heavy (non-hydrogen) atoms. The van der Waals surface area contributed by atoms with Crippen molar-refractivity contribution in [2.75, 3.05) is 19.8 Å². The predicted molar refractivity (Wildman–Crippen MR) is 142 cm³/mol. The quantitative estimate of drug-likeness (QED) is 0.242. The summed E-state index contributed by atoms with van der Waals surface area (Å²) in [5.41, 5.74) is 5.09. The molecule has 0 radical (unpaired) electrons. The molecule has 0 aliphatic carbocycles. The number of ether oxygens (including phenoxy) is 2. The lowest BCUT2D eigenvalue weighted by Gasteiger charge is -2.22. The van der Waals surface area contributed by atoms with Gasteiger partial charge in [0.2, 0.25) is 5.91 Å². The van der Waals surface area contributed by atoms with Gasteiger partial charge >= 0.3 is 0 Å². The number of nitrogens with one attached hydrogen (secondary N) is 1. The molecule has 4 rings (SSSR count). The molecule has 186 valence electrons. The van der Waals surface area contributed by atoms with Crippen LogP contribution in [0.15, 0.2) is 49.4 Å². The highest BCUT2D eigenvalue weighted by atomic mass is 28.3. The van der Waals surface area contributed by atoms with Crippen LogP contribution in [0, 0.1) is 0 Å². The Bertz CT molecular complexity index is 1180. The maximum atomic E-state index is 11.6. The molecule has 0 spiro atoms. The fourth-order valence-corrected chi connectivity index (χ4v) is 5.18. The number of carbonyl (C=O) groups excluding carboxylic acids is 1. The van der Waals surface area contributed by atoms with E-state index in [9.17, 15) is 4.79 Å². The maximum absolute atomic E-state index is 11.6. The molecule has 0 atom stereocenters. The molecular formula is C27H36N4O3Si. The molecule has 1 fully saturated rings. The van der Waals surface area contributed by atoms with Crippen LogP contribution in [0.5, 0.6) is 0 Å². The molecular weight excluding hydrogens is 456 g/mol. The van der Waals surface area contributed by atoms with Crippen LogP contribution >= 0.6 is 0 Å². The summed E-state index contributed by atoms with van der Waals surface area (Å²) in [7, 11) is -1.15. The summed E-state index contributed by atoms with van der Waals surface area (Å²) in [6, 6.07) is 9.29. The number of carbonyl (C=O) groups is 1. The van der Waals surface area contributed by atoms with E-state index < -0.39 is 8.07 Å². The van der Waals surface area contributed by atoms with Crippen molar-refractivity contribution in [1.82, 2.24) is 19.9 Å². The van der Waals surface area contributed by atoms with Gasteiger partial charge in [-0.2, -0.15) is 0 Å². The number of rotatable bonds is 10. The van der Waals surface area contributed by atoms with Crippen molar-refractivity contribution in [1.29, 1.82) is 0 Å². The van der Waals surface area contributed by atoms with Crippen LogP contribution in [-0.4, -0.2) is 48.3 Å². The zero-order valence-electron chi connectivity index (χ0n) is 21.0. The summed E-state index contributed by atoms with van der Waals surface area (Å²) in [5.74, 6) is 0.210. The van der Waals surface area contributed by atoms with E-state index in [2.05, 4.69) is 59.4 Å². The van der Waals surface area contributed by atoms with E-state index >= 15 is 0 Å². The first-order valence-corrected chi connectivity index (χ1v) is 16.1. The maximum Gasteiger partial charge on any atom is 0.243 e. The van der Waals surface area contributed by atoms with Gasteiger partial charge in [-0.3, -0.25) is 4.79 Å². The van der Waals surface area contributed by atoms with E-state index in [1.807, 2.05) is 12.1 Å². The van der Waals surface area contributed by atoms with E-state index in [-0.39, 0.29) is 5.91 Å². The van der Waals surface area contributed by atoms with Crippen molar-refractivity contribution in [3.05, 3.63) is 60.6 Å². The van der Waals surface area contributed by atoms with E-state index in [4.69, 9.17) is 14.5 Å². The first-order valence-electron chi connectivity index (χ1n) is 12.3. The third-order valence-electron chi connectivity index (χ3n) is 6.42. The standard InChI is InChI=1S/C27H36N4O3Si/c1-5-24(32)28-16-20-7-6-8-22(15-20)26-25-23(21-9-11-33-12-10-21)17-31(27(25)30-18-29-26)19-34-13-14-35(2,3)4/h5-8,15,17-18,21H,1,9-14,16,19H2,2-4H3,(H,28,32). The Hall–Kier alpha value is -2.81. The molecule has 3 aromatic rings. The van der Waals surface area contributed by atoms with Gasteiger partial charge in [0, 0.05) is 51.6 Å². The van der Waals surface area contributed by atoms with Crippen LogP contribution in [0.2, 0.25) is 25.7 Å². The molecule has 1 saturated heterocycles. The SMILES string of the molecule is C=CC(=O)NCc1cccc(-c2ncnc3c2c(C2CCOCC2)cn3COCC[Si](C)(C)C)c1. The highest BCUT2D eigenvalue weighted by molar-refractivity contribution is 6.76. The summed E-state index contributed by atoms with van der Waals surface area (Å²) < 4.78 is 13.9. The molecule has 0 unspecified atom stereocenters. The minimum absolute atomic E-state index is 0.187. The summed E-state index contributed by atoms with van der Waals surface area (Å²) in [6.07, 6.45) is 7.10. The first kappa shape index (κ1) is 25.3. The minimum atomic E-state index is -1.15. The molecule has 8 heteroatoms. The number of hydrogen-bond donors (Lipinski definition) is 1. The van der Waals surface area contributed by atoms with E-state index in [1.165, 1.54) is 11.6 Å². The molecule has 1 N–H and O–H groups in total. The Balaban J connectivity index is 1.69. The third kappa shape index (κ3) is 6.45. The second-order valence-corrected chi connectivity index (χ2v) is 16.0. The van der Waals surface area contributed by atoms with Gasteiger partial charge in [-0.1, -0.05) is 44.4 Å². The van der Waals surface area contributed by atoms with Gasteiger partial charge in [-0.15, -0.1) is 0 Å². The van der Waals surface area contributed by atoms with Crippen molar-refractivity contribution in [3.63, 3.8) is 0 Å². The van der Waals surface area contributed by atoms with Gasteiger partial charge in [0.15, 0.2) is 0 Å². The molecule has 0 bridgehead atoms. The number of hydrogen-bond acceptors (Lipinski definition) is 5. The van der Waals surface area contributed by atoms with Crippen LogP contribution in [0.4, 0.5) is 0 Å². The number of fused-ring (bicyclic) bond motifs is 1. The number of nitrogens with zero attached hydrogens (tertiary/aromatic N) is 3. The van der Waals surface area contributed by atoms with E-state index in [1.54, 1.807) is 6.33 Å². The Morgan fingerprint density at radius 3 is 2.83 bits per heavy atom. The third-order valence-corrected chi connectivity index (χ3v) is 8.13. The topological polar surface area (TPSA) is 78.3 Å². The monoisotopic (exact) mass is 492 g/mol. The highest BCUT2D eigenvalue weighted by Gasteiger charge is 2.24. The van der Waals surface area contributed by atoms with Crippen molar-refractivity contribution in [2.45, 2.75) is 57.7 Å². The molecule has 0 saturated carbocycles. The second kappa shape index (κ2) is 11.3. The molecule has 1 amide bonds. The van der Waals surface area contributed by atoms with Gasteiger partial charge in [-0.25, -0.2) is 9.97 Å². The fourth-order valence-electron chi connectivity index (χ4n) is 4.42. The minimum Gasteiger partial charge on any atom is -0.381 e. The van der Waals surface area contributed by atoms with Crippen molar-refractivity contribution >= 4 is 25.0 Å². The number of amides is 1. The molecule has 1 aromatic carbocycles. The van der Waals surface area contributed by atoms with Gasteiger partial charge in [0.1, 0.15) is 18.7 Å². The van der Waals surface area contributed by atoms with Crippen LogP contribution in [0.1, 0.15) is 29.9 Å². The van der Waals surface area contributed by atoms with E-state index in [0.717, 1.165) is 66.6 Å². The van der Waals surface area contributed by atoms with Gasteiger partial charge in [0.25, 0.3) is 0 Å². The first-order chi connectivity index (χ1) is 16.9. The normalized spacial score (nSPS) is 14.8. The zero-order chi connectivity index (χ0) is 24.8. The van der Waals surface area contributed by atoms with Crippen LogP contribution in [-0.2, 0) is 27.5 Å². The summed E-state index contributed by atoms with van der Waals surface area (Å²) in [4.78, 5) is 21.0. The smallest absolute Gasteiger partial charge is 0.243 e. The van der Waals surface area contributed by atoms with Crippen LogP contribution in [0.3, 0.4) is 0 Å². The summed E-state index contributed by atoms with van der Waals surface area (Å²) >= 11 is 0. The number of benzene rings is 1. The molecule has 1 aliphatic rings.